The van der Waals surface area contributed by atoms with Crippen molar-refractivity contribution in [2.75, 3.05) is 11.6 Å². The normalized spacial score (nSPS) is 19.7. The highest BCUT2D eigenvalue weighted by molar-refractivity contribution is 7.28. The van der Waals surface area contributed by atoms with E-state index in [1.165, 1.54) is 12.1 Å². The van der Waals surface area contributed by atoms with Crippen LogP contribution in [0.15, 0.2) is 48.5 Å². The molecule has 3 unspecified atom stereocenters. The van der Waals surface area contributed by atoms with Crippen LogP contribution >= 0.6 is 9.24 Å². The van der Waals surface area contributed by atoms with E-state index >= 15 is 0 Å². The Morgan fingerprint density at radius 1 is 1.19 bits per heavy atom. The molecule has 3 atom stereocenters. The number of rotatable bonds is 3. The second kappa shape index (κ2) is 7.29. The van der Waals surface area contributed by atoms with E-state index in [2.05, 4.69) is 14.6 Å². The van der Waals surface area contributed by atoms with E-state index in [1.807, 2.05) is 0 Å². The van der Waals surface area contributed by atoms with Gasteiger partial charge >= 0.3 is 6.18 Å². The average molecular weight is 395 g/mol. The zero-order valence-electron chi connectivity index (χ0n) is 14.0. The maximum atomic E-state index is 13.0. The molecule has 0 radical (unpaired) electrons. The lowest BCUT2D eigenvalue weighted by atomic mass is 9.87. The predicted octanol–water partition coefficient (Wildman–Crippen LogP) is 1.94. The number of alkyl halides is 3. The van der Waals surface area contributed by atoms with Crippen molar-refractivity contribution >= 4 is 32.0 Å². The zero-order chi connectivity index (χ0) is 19.8. The minimum Gasteiger partial charge on any atom is -0.355 e. The Hall–Kier alpha value is -2.44. The summed E-state index contributed by atoms with van der Waals surface area (Å²) in [5, 5.41) is 4.08. The first-order chi connectivity index (χ1) is 12.7. The van der Waals surface area contributed by atoms with Gasteiger partial charge in [-0.15, -0.1) is 9.24 Å². The monoisotopic (exact) mass is 395 g/mol. The van der Waals surface area contributed by atoms with Gasteiger partial charge in [-0.25, -0.2) is 10.9 Å². The molecule has 2 amide bonds. The van der Waals surface area contributed by atoms with Gasteiger partial charge in [0.1, 0.15) is 5.92 Å². The lowest BCUT2D eigenvalue weighted by Gasteiger charge is -2.24. The summed E-state index contributed by atoms with van der Waals surface area (Å²) in [5.74, 6) is 2.75. The molecule has 2 aromatic rings. The molecule has 0 aliphatic carbocycles. The molecule has 5 nitrogen and oxygen atoms in total. The smallest absolute Gasteiger partial charge is 0.355 e. The van der Waals surface area contributed by atoms with Crippen LogP contribution in [0.4, 0.5) is 18.9 Å². The van der Waals surface area contributed by atoms with Crippen LogP contribution in [0.3, 0.4) is 0 Å². The van der Waals surface area contributed by atoms with Gasteiger partial charge in [0.25, 0.3) is 5.91 Å². The number of hydrogen-bond acceptors (Lipinski definition) is 3. The average Bonchev–Trinajstić information content (AvgIpc) is 3.02. The van der Waals surface area contributed by atoms with E-state index in [9.17, 15) is 22.8 Å². The van der Waals surface area contributed by atoms with Crippen molar-refractivity contribution in [3.8, 4) is 0 Å². The van der Waals surface area contributed by atoms with Crippen LogP contribution in [0.25, 0.3) is 0 Å². The number of hydrogen-bond donors (Lipinski definition) is 2. The molecule has 0 bridgehead atoms. The highest BCUT2D eigenvalue weighted by Gasteiger charge is 2.43. The predicted molar refractivity (Wildman–Crippen MR) is 98.1 cm³/mol. The van der Waals surface area contributed by atoms with E-state index < -0.39 is 35.4 Å². The molecule has 1 fully saturated rings. The summed E-state index contributed by atoms with van der Waals surface area (Å²) in [4.78, 5) is 25.1. The van der Waals surface area contributed by atoms with Gasteiger partial charge < -0.3 is 5.32 Å². The third kappa shape index (κ3) is 3.82. The van der Waals surface area contributed by atoms with Crippen LogP contribution in [0.5, 0.6) is 0 Å². The Bertz CT molecular complexity index is 888. The summed E-state index contributed by atoms with van der Waals surface area (Å²) >= 11 is 0. The molecule has 3 N–H and O–H groups in total. The van der Waals surface area contributed by atoms with Crippen LogP contribution in [-0.2, 0) is 15.8 Å². The van der Waals surface area contributed by atoms with Crippen LogP contribution in [0.2, 0.25) is 0 Å². The molecule has 27 heavy (non-hydrogen) atoms. The Kier molecular flexibility index (Phi) is 5.22. The summed E-state index contributed by atoms with van der Waals surface area (Å²) in [7, 11) is 2.44. The molecule has 142 valence electrons. The van der Waals surface area contributed by atoms with Crippen molar-refractivity contribution in [1.29, 1.82) is 0 Å². The van der Waals surface area contributed by atoms with Gasteiger partial charge in [-0.1, -0.05) is 36.4 Å². The van der Waals surface area contributed by atoms with E-state index in [0.29, 0.717) is 11.0 Å². The van der Waals surface area contributed by atoms with Gasteiger partial charge in [-0.05, 0) is 23.0 Å². The molecular formula is C18H17F3N3O2P. The van der Waals surface area contributed by atoms with Crippen LogP contribution < -0.4 is 21.5 Å². The molecule has 9 heteroatoms. The third-order valence-electron chi connectivity index (χ3n) is 4.52. The minimum absolute atomic E-state index is 0.0624. The molecule has 0 aromatic heterocycles. The number of para-hydroxylation sites is 1. The van der Waals surface area contributed by atoms with Crippen molar-refractivity contribution in [1.82, 2.24) is 5.32 Å². The van der Waals surface area contributed by atoms with Crippen molar-refractivity contribution in [2.24, 2.45) is 11.8 Å². The number of halogens is 3. The topological polar surface area (TPSA) is 75.4 Å². The highest BCUT2D eigenvalue weighted by Crippen LogP contribution is 2.35. The van der Waals surface area contributed by atoms with E-state index in [-0.39, 0.29) is 12.1 Å². The third-order valence-corrected chi connectivity index (χ3v) is 5.01. The Morgan fingerprint density at radius 2 is 1.89 bits per heavy atom. The van der Waals surface area contributed by atoms with Gasteiger partial charge in [-0.2, -0.15) is 13.2 Å². The first-order valence-corrected chi connectivity index (χ1v) is 8.66. The van der Waals surface area contributed by atoms with Crippen molar-refractivity contribution < 1.29 is 22.8 Å². The maximum Gasteiger partial charge on any atom is 0.416 e. The summed E-state index contributed by atoms with van der Waals surface area (Å²) < 4.78 is 39.0. The number of nitrogens with zero attached hydrogens (tertiary/aromatic N) is 1. The zero-order valence-corrected chi connectivity index (χ0v) is 15.2. The van der Waals surface area contributed by atoms with E-state index in [0.717, 1.165) is 17.1 Å². The first kappa shape index (κ1) is 19.3. The molecule has 0 saturated carbocycles. The minimum atomic E-state index is -4.51. The van der Waals surface area contributed by atoms with Gasteiger partial charge in [0.05, 0.1) is 11.3 Å². The Morgan fingerprint density at radius 3 is 2.56 bits per heavy atom. The summed E-state index contributed by atoms with van der Waals surface area (Å²) in [6, 6.07) is 11.5. The Labute approximate surface area is 155 Å². The lowest BCUT2D eigenvalue weighted by Crippen LogP contribution is -2.46. The number of benzene rings is 2. The van der Waals surface area contributed by atoms with Gasteiger partial charge in [-0.3, -0.25) is 9.59 Å². The highest BCUT2D eigenvalue weighted by atomic mass is 31.0. The lowest BCUT2D eigenvalue weighted by molar-refractivity contribution is -0.137. The summed E-state index contributed by atoms with van der Waals surface area (Å²) in [6.45, 7) is 0.0624. The fraction of sp³-hybridized carbons (Fsp3) is 0.222. The van der Waals surface area contributed by atoms with Gasteiger partial charge in [0.15, 0.2) is 0 Å². The standard InChI is InChI=1S/C18H17F3N3O2P/c19-18(20,21)11-5-3-4-10(8-11)12-9-23-16(25)15(12)17(26)24(22)13-6-1-2-7-14(13)27/h1-8,12,15H,9,22,27H2,(H,23,25). The second-order valence-electron chi connectivity index (χ2n) is 6.22. The molecule has 1 heterocycles. The fourth-order valence-electron chi connectivity index (χ4n) is 3.14. The van der Waals surface area contributed by atoms with E-state index in [4.69, 9.17) is 5.84 Å². The summed E-state index contributed by atoms with van der Waals surface area (Å²) in [6.07, 6.45) is -4.51. The first-order valence-electron chi connectivity index (χ1n) is 8.08. The molecule has 3 rings (SSSR count). The second-order valence-corrected chi connectivity index (χ2v) is 6.84. The number of hydrazine groups is 1. The molecular weight excluding hydrogens is 378 g/mol. The van der Waals surface area contributed by atoms with Crippen molar-refractivity contribution in [3.63, 3.8) is 0 Å². The molecule has 0 spiro atoms. The molecule has 1 aliphatic rings. The number of anilines is 1. The maximum absolute atomic E-state index is 13.0. The molecule has 2 aromatic carbocycles. The SMILES string of the molecule is NN(C(=O)C1C(=O)NCC1c1cccc(C(F)(F)F)c1)c1ccccc1P. The van der Waals surface area contributed by atoms with Crippen molar-refractivity contribution in [3.05, 3.63) is 59.7 Å². The number of carbonyl (C=O) groups excluding carboxylic acids is 2. The molecule has 1 aliphatic heterocycles. The summed E-state index contributed by atoms with van der Waals surface area (Å²) in [5.41, 5.74) is -0.172. The van der Waals surface area contributed by atoms with Crippen LogP contribution in [0.1, 0.15) is 17.0 Å². The van der Waals surface area contributed by atoms with Gasteiger partial charge in [0.2, 0.25) is 5.91 Å². The quantitative estimate of drug-likeness (QED) is 0.274. The Balaban J connectivity index is 1.93. The molecule has 1 saturated heterocycles. The number of nitrogens with one attached hydrogen (secondary N) is 1. The number of nitrogens with two attached hydrogens (primary N) is 1. The van der Waals surface area contributed by atoms with Crippen LogP contribution in [0, 0.1) is 5.92 Å². The number of carbonyl (C=O) groups is 2. The fourth-order valence-corrected chi connectivity index (χ4v) is 3.48. The van der Waals surface area contributed by atoms with Gasteiger partial charge in [0, 0.05) is 12.5 Å². The van der Waals surface area contributed by atoms with E-state index in [1.54, 1.807) is 24.3 Å². The van der Waals surface area contributed by atoms with Crippen LogP contribution in [-0.4, -0.2) is 18.4 Å². The van der Waals surface area contributed by atoms with Crippen molar-refractivity contribution in [2.45, 2.75) is 12.1 Å². The largest absolute Gasteiger partial charge is 0.416 e. The number of amides is 2.